The number of hydrogen-bond acceptors (Lipinski definition) is 9. The van der Waals surface area contributed by atoms with Crippen molar-refractivity contribution in [3.05, 3.63) is 87.8 Å². The fourth-order valence-corrected chi connectivity index (χ4v) is 4.33. The zero-order valence-electron chi connectivity index (χ0n) is 22.6. The quantitative estimate of drug-likeness (QED) is 0.195. The van der Waals surface area contributed by atoms with Gasteiger partial charge in [0.05, 0.1) is 31.0 Å². The molecule has 0 fully saturated rings. The Morgan fingerprint density at radius 3 is 2.54 bits per heavy atom. The average molecular weight is 595 g/mol. The van der Waals surface area contributed by atoms with Gasteiger partial charge in [-0.15, -0.1) is 15.3 Å². The average Bonchev–Trinajstić information content (AvgIpc) is 3.50. The van der Waals surface area contributed by atoms with Gasteiger partial charge in [0.15, 0.2) is 5.15 Å². The van der Waals surface area contributed by atoms with Crippen LogP contribution in [0.5, 0.6) is 0 Å². The molecule has 2 aromatic heterocycles. The first kappa shape index (κ1) is 29.8. The number of rotatable bonds is 11. The maximum absolute atomic E-state index is 13.1. The van der Waals surface area contributed by atoms with E-state index in [1.165, 1.54) is 24.2 Å². The minimum Gasteiger partial charge on any atom is -0.469 e. The molecular formula is C28H28Cl2N8O3. The lowest BCUT2D eigenvalue weighted by Crippen LogP contribution is -2.37. The lowest BCUT2D eigenvalue weighted by Gasteiger charge is -2.21. The number of ether oxygens (including phenoxy) is 1. The number of carbonyl (C=O) groups excluding carboxylic acids is 2. The zero-order chi connectivity index (χ0) is 29.4. The van der Waals surface area contributed by atoms with E-state index < -0.39 is 6.04 Å². The third-order valence-corrected chi connectivity index (χ3v) is 6.55. The molecule has 0 radical (unpaired) electrons. The first-order valence-corrected chi connectivity index (χ1v) is 13.4. The van der Waals surface area contributed by atoms with Crippen LogP contribution in [-0.2, 0) is 20.7 Å². The molecule has 2 aromatic carbocycles. The number of nitrogens with zero attached hydrogens (tertiary/aromatic N) is 6. The first-order chi connectivity index (χ1) is 19.7. The topological polar surface area (TPSA) is 137 Å². The molecule has 2 heterocycles. The summed E-state index contributed by atoms with van der Waals surface area (Å²) in [6, 6.07) is 14.0. The highest BCUT2D eigenvalue weighted by molar-refractivity contribution is 6.31. The molecule has 1 amide bonds. The van der Waals surface area contributed by atoms with Gasteiger partial charge < -0.3 is 15.4 Å². The third kappa shape index (κ3) is 8.16. The zero-order valence-corrected chi connectivity index (χ0v) is 24.1. The molecule has 0 bridgehead atoms. The number of amides is 1. The summed E-state index contributed by atoms with van der Waals surface area (Å²) < 4.78 is 6.21. The Bertz CT molecular complexity index is 1530. The molecule has 4 aromatic rings. The van der Waals surface area contributed by atoms with Crippen molar-refractivity contribution in [2.75, 3.05) is 13.7 Å². The number of tetrazole rings is 1. The van der Waals surface area contributed by atoms with Crippen LogP contribution in [0.3, 0.4) is 0 Å². The molecule has 0 aliphatic carbocycles. The molecule has 212 valence electrons. The molecule has 0 spiro atoms. The van der Waals surface area contributed by atoms with Crippen molar-refractivity contribution in [3.63, 3.8) is 0 Å². The maximum Gasteiger partial charge on any atom is 0.309 e. The Morgan fingerprint density at radius 1 is 1.07 bits per heavy atom. The van der Waals surface area contributed by atoms with E-state index in [9.17, 15) is 9.59 Å². The normalized spacial score (nSPS) is 12.0. The Balaban J connectivity index is 1.57. The van der Waals surface area contributed by atoms with Gasteiger partial charge in [-0.3, -0.25) is 9.59 Å². The number of halogens is 2. The van der Waals surface area contributed by atoms with E-state index in [0.29, 0.717) is 34.1 Å². The number of methoxy groups -OCH3 is 1. The molecular weight excluding hydrogens is 567 g/mol. The van der Waals surface area contributed by atoms with Crippen LogP contribution in [0, 0.1) is 0 Å². The molecule has 13 heteroatoms. The van der Waals surface area contributed by atoms with Crippen molar-refractivity contribution in [2.24, 2.45) is 0 Å². The SMILES string of the molecule is COC(=O)Cc1ccc(-c2cc(C(CNC(C)C)NC(=O)/C=C/c3cc(Cl)ccc3-n3cnnn3)c(Cl)nn2)cc1. The highest BCUT2D eigenvalue weighted by Crippen LogP contribution is 2.26. The minimum absolute atomic E-state index is 0.158. The van der Waals surface area contributed by atoms with E-state index in [4.69, 9.17) is 27.9 Å². The van der Waals surface area contributed by atoms with Crippen molar-refractivity contribution in [3.8, 4) is 16.9 Å². The first-order valence-electron chi connectivity index (χ1n) is 12.7. The van der Waals surface area contributed by atoms with Gasteiger partial charge in [-0.05, 0) is 46.3 Å². The second kappa shape index (κ2) is 13.9. The number of hydrogen-bond donors (Lipinski definition) is 2. The molecule has 41 heavy (non-hydrogen) atoms. The molecule has 11 nitrogen and oxygen atoms in total. The van der Waals surface area contributed by atoms with Crippen LogP contribution in [0.25, 0.3) is 23.0 Å². The summed E-state index contributed by atoms with van der Waals surface area (Å²) in [6.45, 7) is 4.41. The number of nitrogens with one attached hydrogen (secondary N) is 2. The second-order valence-corrected chi connectivity index (χ2v) is 10.1. The highest BCUT2D eigenvalue weighted by Gasteiger charge is 2.20. The number of carbonyl (C=O) groups is 2. The summed E-state index contributed by atoms with van der Waals surface area (Å²) in [4.78, 5) is 24.7. The van der Waals surface area contributed by atoms with Gasteiger partial charge >= 0.3 is 5.97 Å². The van der Waals surface area contributed by atoms with Crippen LogP contribution in [0.15, 0.2) is 60.9 Å². The Kier molecular flexibility index (Phi) is 10.1. The lowest BCUT2D eigenvalue weighted by atomic mass is 10.0. The lowest BCUT2D eigenvalue weighted by molar-refractivity contribution is -0.139. The molecule has 0 aliphatic heterocycles. The summed E-state index contributed by atoms with van der Waals surface area (Å²) in [6.07, 6.45) is 4.67. The van der Waals surface area contributed by atoms with Crippen molar-refractivity contribution < 1.29 is 14.3 Å². The van der Waals surface area contributed by atoms with Gasteiger partial charge in [0.1, 0.15) is 6.33 Å². The van der Waals surface area contributed by atoms with Gasteiger partial charge in [-0.1, -0.05) is 61.3 Å². The number of aromatic nitrogens is 6. The summed E-state index contributed by atoms with van der Waals surface area (Å²) in [5.74, 6) is -0.677. The van der Waals surface area contributed by atoms with Crippen molar-refractivity contribution in [1.82, 2.24) is 41.0 Å². The molecule has 1 atom stereocenters. The summed E-state index contributed by atoms with van der Waals surface area (Å²) >= 11 is 12.7. The fraction of sp³-hybridized carbons (Fsp3) is 0.250. The van der Waals surface area contributed by atoms with Crippen LogP contribution in [0.1, 0.15) is 36.6 Å². The molecule has 2 N–H and O–H groups in total. The summed E-state index contributed by atoms with van der Waals surface area (Å²) in [7, 11) is 1.35. The highest BCUT2D eigenvalue weighted by atomic mass is 35.5. The largest absolute Gasteiger partial charge is 0.469 e. The third-order valence-electron chi connectivity index (χ3n) is 6.02. The van der Waals surface area contributed by atoms with Gasteiger partial charge in [0.25, 0.3) is 0 Å². The van der Waals surface area contributed by atoms with Gasteiger partial charge in [0, 0.05) is 40.4 Å². The van der Waals surface area contributed by atoms with Crippen molar-refractivity contribution in [2.45, 2.75) is 32.4 Å². The van der Waals surface area contributed by atoms with Gasteiger partial charge in [-0.2, -0.15) is 4.68 Å². The van der Waals surface area contributed by atoms with Crippen LogP contribution in [-0.4, -0.2) is 62.0 Å². The standard InChI is InChI=1S/C28H28Cl2N8O3/c1-17(2)31-15-24(33-26(39)11-8-20-13-21(29)9-10-25(20)38-16-32-36-37-38)22-14-23(34-35-28(22)30)19-6-4-18(5-7-19)12-27(40)41-3/h4-11,13-14,16-17,24,31H,12,15H2,1-3H3,(H,33,39)/b11-8+. The fourth-order valence-electron chi connectivity index (χ4n) is 3.93. The van der Waals surface area contributed by atoms with E-state index in [-0.39, 0.29) is 29.5 Å². The van der Waals surface area contributed by atoms with Gasteiger partial charge in [-0.25, -0.2) is 0 Å². The smallest absolute Gasteiger partial charge is 0.309 e. The monoisotopic (exact) mass is 594 g/mol. The molecule has 1 unspecified atom stereocenters. The maximum atomic E-state index is 13.1. The molecule has 4 rings (SSSR count). The Morgan fingerprint density at radius 2 is 1.85 bits per heavy atom. The second-order valence-electron chi connectivity index (χ2n) is 9.34. The van der Waals surface area contributed by atoms with Gasteiger partial charge in [0.2, 0.25) is 5.91 Å². The van der Waals surface area contributed by atoms with Crippen LogP contribution in [0.4, 0.5) is 0 Å². The van der Waals surface area contributed by atoms with E-state index in [1.807, 2.05) is 38.1 Å². The number of benzene rings is 2. The minimum atomic E-state index is -0.520. The van der Waals surface area contributed by atoms with Crippen molar-refractivity contribution >= 4 is 41.2 Å². The number of esters is 1. The molecule has 0 aliphatic rings. The van der Waals surface area contributed by atoms with Crippen LogP contribution < -0.4 is 10.6 Å². The van der Waals surface area contributed by atoms with E-state index in [1.54, 1.807) is 30.3 Å². The predicted molar refractivity (Wildman–Crippen MR) is 155 cm³/mol. The Labute approximate surface area is 246 Å². The summed E-state index contributed by atoms with van der Waals surface area (Å²) in [5.41, 5.74) is 4.06. The van der Waals surface area contributed by atoms with Crippen LogP contribution in [0.2, 0.25) is 10.2 Å². The van der Waals surface area contributed by atoms with E-state index >= 15 is 0 Å². The van der Waals surface area contributed by atoms with E-state index in [2.05, 4.69) is 36.4 Å². The summed E-state index contributed by atoms with van der Waals surface area (Å²) in [5, 5.41) is 26.7. The molecule has 0 saturated heterocycles. The predicted octanol–water partition coefficient (Wildman–Crippen LogP) is 4.01. The van der Waals surface area contributed by atoms with E-state index in [0.717, 1.165) is 11.1 Å². The van der Waals surface area contributed by atoms with Crippen LogP contribution >= 0.6 is 23.2 Å². The molecule has 0 saturated carbocycles. The van der Waals surface area contributed by atoms with Crippen molar-refractivity contribution in [1.29, 1.82) is 0 Å². The Hall–Kier alpha value is -4.19.